The molecule has 3 N–H and O–H groups in total. The number of aliphatic hydroxyl groups is 1. The molecular weight excluding hydrogens is 936 g/mol. The number of nitrogens with one attached hydrogen (secondary N) is 1. The van der Waals surface area contributed by atoms with Crippen molar-refractivity contribution in [2.75, 3.05) is 40.9 Å². The van der Waals surface area contributed by atoms with Gasteiger partial charge in [-0.15, -0.1) is 0 Å². The fourth-order valence-corrected chi connectivity index (χ4v) is 10.5. The molecule has 0 bridgehead atoms. The van der Waals surface area contributed by atoms with Crippen molar-refractivity contribution in [3.8, 4) is 0 Å². The first-order valence-electron chi connectivity index (χ1n) is 32.4. The molecule has 0 aliphatic heterocycles. The molecule has 0 aromatic heterocycles. The van der Waals surface area contributed by atoms with Gasteiger partial charge >= 0.3 is 7.82 Å². The van der Waals surface area contributed by atoms with Crippen LogP contribution in [0.15, 0.2) is 36.5 Å². The number of nitrogens with zero attached hydrogens (tertiary/aromatic N) is 1. The lowest BCUT2D eigenvalue weighted by Crippen LogP contribution is -2.45. The van der Waals surface area contributed by atoms with E-state index in [2.05, 4.69) is 43.5 Å². The Morgan fingerprint density at radius 3 is 1.08 bits per heavy atom. The summed E-state index contributed by atoms with van der Waals surface area (Å²) in [5.41, 5.74) is 0. The fourth-order valence-electron chi connectivity index (χ4n) is 9.76. The molecule has 0 fully saturated rings. The zero-order valence-electron chi connectivity index (χ0n) is 50.1. The number of aliphatic hydroxyl groups excluding tert-OH is 1. The van der Waals surface area contributed by atoms with E-state index in [9.17, 15) is 19.4 Å². The summed E-state index contributed by atoms with van der Waals surface area (Å²) >= 11 is 0. The van der Waals surface area contributed by atoms with Gasteiger partial charge in [0.1, 0.15) is 13.2 Å². The largest absolute Gasteiger partial charge is 0.472 e. The lowest BCUT2D eigenvalue weighted by Gasteiger charge is -2.25. The summed E-state index contributed by atoms with van der Waals surface area (Å²) in [5.74, 6) is -0.182. The summed E-state index contributed by atoms with van der Waals surface area (Å²) in [6.07, 6.45) is 74.2. The van der Waals surface area contributed by atoms with E-state index in [1.165, 1.54) is 263 Å². The number of amides is 1. The van der Waals surface area contributed by atoms with Crippen molar-refractivity contribution in [1.29, 1.82) is 0 Å². The van der Waals surface area contributed by atoms with Crippen LogP contribution in [-0.2, 0) is 18.4 Å². The number of hydrogen-bond acceptors (Lipinski definition) is 5. The number of hydrogen-bond donors (Lipinski definition) is 3. The molecule has 0 heterocycles. The van der Waals surface area contributed by atoms with E-state index in [1.54, 1.807) is 6.08 Å². The van der Waals surface area contributed by atoms with Crippen molar-refractivity contribution in [3.63, 3.8) is 0 Å². The molecule has 0 aliphatic rings. The normalized spacial score (nSPS) is 14.0. The Labute approximate surface area is 461 Å². The van der Waals surface area contributed by atoms with Crippen molar-refractivity contribution in [2.24, 2.45) is 0 Å². The van der Waals surface area contributed by atoms with Crippen LogP contribution in [0.2, 0.25) is 0 Å². The van der Waals surface area contributed by atoms with Crippen LogP contribution in [-0.4, -0.2) is 73.4 Å². The summed E-state index contributed by atoms with van der Waals surface area (Å²) in [5, 5.41) is 14.0. The van der Waals surface area contributed by atoms with Crippen LogP contribution in [0.1, 0.15) is 322 Å². The van der Waals surface area contributed by atoms with Gasteiger partial charge in [-0.25, -0.2) is 4.57 Å². The topological polar surface area (TPSA) is 105 Å². The van der Waals surface area contributed by atoms with Crippen LogP contribution in [0.3, 0.4) is 0 Å². The molecule has 3 atom stereocenters. The molecule has 0 aromatic carbocycles. The average molecular weight is 1060 g/mol. The monoisotopic (exact) mass is 1060 g/mol. The van der Waals surface area contributed by atoms with E-state index in [-0.39, 0.29) is 19.1 Å². The Morgan fingerprint density at radius 1 is 0.446 bits per heavy atom. The minimum atomic E-state index is -4.36. The Bertz CT molecular complexity index is 1300. The van der Waals surface area contributed by atoms with Crippen molar-refractivity contribution >= 4 is 13.7 Å². The number of carbonyl (C=O) groups is 1. The van der Waals surface area contributed by atoms with Gasteiger partial charge in [-0.1, -0.05) is 294 Å². The minimum Gasteiger partial charge on any atom is -0.387 e. The van der Waals surface area contributed by atoms with E-state index >= 15 is 0 Å². The third-order valence-corrected chi connectivity index (χ3v) is 15.8. The molecule has 0 radical (unpaired) electrons. The fraction of sp³-hybridized carbons (Fsp3) is 0.892. The van der Waals surface area contributed by atoms with E-state index in [1.807, 2.05) is 27.2 Å². The van der Waals surface area contributed by atoms with Gasteiger partial charge in [0, 0.05) is 6.42 Å². The number of phosphoric ester groups is 1. The summed E-state index contributed by atoms with van der Waals surface area (Å²) in [4.78, 5) is 23.4. The Morgan fingerprint density at radius 2 is 0.743 bits per heavy atom. The summed E-state index contributed by atoms with van der Waals surface area (Å²) in [6.45, 7) is 4.85. The molecule has 74 heavy (non-hydrogen) atoms. The number of rotatable bonds is 60. The highest BCUT2D eigenvalue weighted by molar-refractivity contribution is 7.47. The van der Waals surface area contributed by atoms with Crippen LogP contribution >= 0.6 is 7.82 Å². The highest BCUT2D eigenvalue weighted by atomic mass is 31.2. The minimum absolute atomic E-state index is 0.0572. The van der Waals surface area contributed by atoms with Gasteiger partial charge in [-0.2, -0.15) is 0 Å². The molecule has 1 amide bonds. The third kappa shape index (κ3) is 58.4. The van der Waals surface area contributed by atoms with Crippen molar-refractivity contribution in [3.05, 3.63) is 36.5 Å². The number of phosphoric acid groups is 1. The first-order chi connectivity index (χ1) is 36.0. The molecule has 0 spiro atoms. The number of carbonyl (C=O) groups excluding carboxylic acids is 1. The highest BCUT2D eigenvalue weighted by Gasteiger charge is 2.27. The zero-order chi connectivity index (χ0) is 54.2. The molecule has 0 saturated carbocycles. The average Bonchev–Trinajstić information content (AvgIpc) is 3.36. The Hall–Kier alpha value is -1.28. The molecule has 9 heteroatoms. The first-order valence-corrected chi connectivity index (χ1v) is 33.9. The second-order valence-corrected chi connectivity index (χ2v) is 24.9. The van der Waals surface area contributed by atoms with Crippen LogP contribution in [0, 0.1) is 0 Å². The van der Waals surface area contributed by atoms with Gasteiger partial charge in [0.2, 0.25) is 5.91 Å². The second-order valence-electron chi connectivity index (χ2n) is 23.5. The van der Waals surface area contributed by atoms with Crippen LogP contribution in [0.25, 0.3) is 0 Å². The summed E-state index contributed by atoms with van der Waals surface area (Å²) in [7, 11) is 1.57. The highest BCUT2D eigenvalue weighted by Crippen LogP contribution is 2.43. The van der Waals surface area contributed by atoms with Crippen LogP contribution in [0.4, 0.5) is 0 Å². The van der Waals surface area contributed by atoms with Crippen molar-refractivity contribution < 1.29 is 32.9 Å². The maximum atomic E-state index is 13.0. The van der Waals surface area contributed by atoms with E-state index < -0.39 is 20.0 Å². The van der Waals surface area contributed by atoms with Crippen molar-refractivity contribution in [2.45, 2.75) is 334 Å². The second kappa shape index (κ2) is 56.4. The number of quaternary nitrogens is 1. The first kappa shape index (κ1) is 72.7. The molecule has 0 rings (SSSR count). The SMILES string of the molecule is CCCCCCCCCCCCCC/C=C\CCCCCCCCCCCCCCC(=O)NC(COP(=O)(O)OCC[N+](C)(C)C)C(O)/C=C/CC/C=C/CCCCCCCCCCCCCCCCCCCC. The number of likely N-dealkylation sites (N-methyl/N-ethyl adjacent to an activating group) is 1. The van der Waals surface area contributed by atoms with Crippen molar-refractivity contribution in [1.82, 2.24) is 5.32 Å². The van der Waals surface area contributed by atoms with Gasteiger partial charge in [0.15, 0.2) is 0 Å². The molecule has 8 nitrogen and oxygen atoms in total. The predicted octanol–water partition coefficient (Wildman–Crippen LogP) is 20.1. The maximum Gasteiger partial charge on any atom is 0.472 e. The van der Waals surface area contributed by atoms with Gasteiger partial charge in [0.05, 0.1) is 39.9 Å². The van der Waals surface area contributed by atoms with E-state index in [0.29, 0.717) is 17.4 Å². The lowest BCUT2D eigenvalue weighted by atomic mass is 10.0. The number of allylic oxidation sites excluding steroid dienone is 5. The third-order valence-electron chi connectivity index (χ3n) is 14.8. The summed E-state index contributed by atoms with van der Waals surface area (Å²) < 4.78 is 23.8. The Kier molecular flexibility index (Phi) is 55.5. The molecule has 0 aromatic rings. The zero-order valence-corrected chi connectivity index (χ0v) is 51.0. The molecule has 0 aliphatic carbocycles. The smallest absolute Gasteiger partial charge is 0.387 e. The quantitative estimate of drug-likeness (QED) is 0.0243. The van der Waals surface area contributed by atoms with Gasteiger partial charge in [-0.3, -0.25) is 13.8 Å². The standard InChI is InChI=1S/C65H127N2O6P/c1-6-8-10-12-14-16-18-20-22-24-26-28-30-32-33-34-35-37-39-41-43-45-47-49-51-53-55-57-59-65(69)66-63(62-73-74(70,71)72-61-60-67(3,4)5)64(68)58-56-54-52-50-48-46-44-42-40-38-36-31-29-27-25-23-21-19-17-15-13-11-9-7-2/h32-33,48,50,56,58,63-64,68H,6-31,34-47,49,51-55,57,59-62H2,1-5H3,(H-,66,69,70,71)/p+1/b33-32-,50-48+,58-56+. The number of unbranched alkanes of at least 4 members (excludes halogenated alkanes) is 43. The maximum absolute atomic E-state index is 13.0. The lowest BCUT2D eigenvalue weighted by molar-refractivity contribution is -0.870. The van der Waals surface area contributed by atoms with Gasteiger partial charge in [0.25, 0.3) is 0 Å². The van der Waals surface area contributed by atoms with Gasteiger partial charge < -0.3 is 19.8 Å². The van der Waals surface area contributed by atoms with Crippen LogP contribution in [0.5, 0.6) is 0 Å². The van der Waals surface area contributed by atoms with Crippen LogP contribution < -0.4 is 5.32 Å². The molecular formula is C65H128N2O6P+. The Balaban J connectivity index is 4.15. The molecule has 3 unspecified atom stereocenters. The van der Waals surface area contributed by atoms with Gasteiger partial charge in [-0.05, 0) is 57.8 Å². The molecule has 438 valence electrons. The predicted molar refractivity (Wildman–Crippen MR) is 323 cm³/mol. The molecule has 0 saturated heterocycles. The van der Waals surface area contributed by atoms with E-state index in [0.717, 1.165) is 38.5 Å². The van der Waals surface area contributed by atoms with E-state index in [4.69, 9.17) is 9.05 Å². The summed E-state index contributed by atoms with van der Waals surface area (Å²) in [6, 6.07) is -0.864.